The molecule has 0 aromatic rings. The van der Waals surface area contributed by atoms with Gasteiger partial charge in [-0.3, -0.25) is 0 Å². The van der Waals surface area contributed by atoms with Crippen LogP contribution in [-0.2, 0) is 37.9 Å². The van der Waals surface area contributed by atoms with Crippen molar-refractivity contribution in [3.63, 3.8) is 0 Å². The molecule has 0 aromatic heterocycles. The first-order chi connectivity index (χ1) is 33.3. The molecule has 4 aliphatic heterocycles. The Balaban J connectivity index is 1.06. The van der Waals surface area contributed by atoms with Gasteiger partial charge in [-0.25, -0.2) is 0 Å². The zero-order valence-corrected chi connectivity index (χ0v) is 40.6. The van der Waals surface area contributed by atoms with E-state index in [1.807, 2.05) is 0 Å². The molecule has 0 aromatic carbocycles. The normalized spacial score (nSPS) is 54.5. The summed E-state index contributed by atoms with van der Waals surface area (Å²) < 4.78 is 49.2. The van der Waals surface area contributed by atoms with Gasteiger partial charge in [0.1, 0.15) is 97.7 Å². The Labute approximate surface area is 408 Å². The molecule has 8 unspecified atom stereocenters. The van der Waals surface area contributed by atoms with Crippen molar-refractivity contribution in [3.8, 4) is 0 Å². The maximum atomic E-state index is 11.8. The summed E-state index contributed by atoms with van der Waals surface area (Å²) in [6.45, 7) is 6.06. The molecule has 0 spiro atoms. The van der Waals surface area contributed by atoms with E-state index in [2.05, 4.69) is 27.7 Å². The van der Waals surface area contributed by atoms with Crippen LogP contribution in [0.1, 0.15) is 91.9 Å². The number of hydrogen-bond acceptors (Lipinski definition) is 22. The summed E-state index contributed by atoms with van der Waals surface area (Å²) in [7, 11) is 0. The molecule has 8 aliphatic rings. The van der Waals surface area contributed by atoms with Gasteiger partial charge in [0.25, 0.3) is 0 Å². The largest absolute Gasteiger partial charge is 0.394 e. The van der Waals surface area contributed by atoms with Gasteiger partial charge in [-0.15, -0.1) is 0 Å². The average Bonchev–Trinajstić information content (AvgIpc) is 3.71. The van der Waals surface area contributed by atoms with E-state index in [9.17, 15) is 71.5 Å². The van der Waals surface area contributed by atoms with Crippen molar-refractivity contribution in [3.05, 3.63) is 0 Å². The molecule has 14 N–H and O–H groups in total. The standard InChI is InChI=1S/C48H82O22/c1-5-8-19(2)21-10-11-22-30-23(14-29(48(21,22)4)68-44-40(62)36(58)42(28(18-52)67-44)70-46-38(60)34(56)32(54)26(16-50)65-46)47(3)12-7-6-9-20(47)13-24(30)63-43-39(61)35(57)41(27(17-51)66-43)69-45-37(59)33(55)31(53)25(15-49)64-45/h19-46,49-62H,5-18H2,1-4H3/t19-,20+,21-,22+,23+,24-,25?,26?,27?,28?,29+,30+,31-,32-,33+,34+,35-,36-,37?,38?,39?,40?,41-,42-,43-,44+,45-,46-,47+,48-/m1/s1. The second-order valence-corrected chi connectivity index (χ2v) is 22.3. The van der Waals surface area contributed by atoms with Crippen LogP contribution >= 0.6 is 0 Å². The van der Waals surface area contributed by atoms with Crippen LogP contribution in [-0.4, -0.2) is 233 Å². The summed E-state index contributed by atoms with van der Waals surface area (Å²) in [6.07, 6.45) is -24.4. The smallest absolute Gasteiger partial charge is 0.187 e. The molecule has 30 atom stereocenters. The lowest BCUT2D eigenvalue weighted by molar-refractivity contribution is -0.375. The first-order valence-corrected chi connectivity index (χ1v) is 25.8. The maximum Gasteiger partial charge on any atom is 0.187 e. The highest BCUT2D eigenvalue weighted by Gasteiger charge is 2.68. The molecule has 0 bridgehead atoms. The monoisotopic (exact) mass is 1010 g/mol. The van der Waals surface area contributed by atoms with E-state index in [-0.39, 0.29) is 40.9 Å². The SMILES string of the molecule is CCC[C@@H](C)[C@H]1CC[C@H]2[C@@H]3[C@H](O[C@@H]4OC(CO)[C@@H](O[C@H]5OC(CO)[C@@H](O)[C@H](O)C5O)[C@H](O)C4O)C[C@@H]4CCCC[C@]4(C)[C@H]3C[C@H](O[C@@H]3OC(CO)[C@@H](O[C@H]4OC(CO)[C@@H](O)[C@H](O)C4O)[C@H](O)C3O)[C@]12C. The number of aliphatic hydroxyl groups is 14. The van der Waals surface area contributed by atoms with Gasteiger partial charge in [-0.2, -0.15) is 0 Å². The second kappa shape index (κ2) is 22.4. The molecule has 4 aliphatic carbocycles. The molecule has 22 heteroatoms. The lowest BCUT2D eigenvalue weighted by atomic mass is 9.43. The molecule has 8 rings (SSSR count). The minimum atomic E-state index is -1.81. The van der Waals surface area contributed by atoms with Crippen LogP contribution in [0.2, 0.25) is 0 Å². The lowest BCUT2D eigenvalue weighted by Gasteiger charge is -2.65. The van der Waals surface area contributed by atoms with Crippen LogP contribution in [0.15, 0.2) is 0 Å². The first kappa shape index (κ1) is 55.4. The van der Waals surface area contributed by atoms with Gasteiger partial charge >= 0.3 is 0 Å². The Morgan fingerprint density at radius 2 is 0.986 bits per heavy atom. The number of aliphatic hydroxyl groups excluding tert-OH is 14. The zero-order valence-electron chi connectivity index (χ0n) is 40.6. The molecular weight excluding hydrogens is 929 g/mol. The van der Waals surface area contributed by atoms with Crippen molar-refractivity contribution >= 4 is 0 Å². The average molecular weight is 1010 g/mol. The van der Waals surface area contributed by atoms with E-state index in [4.69, 9.17) is 37.9 Å². The number of ether oxygens (including phenoxy) is 8. The van der Waals surface area contributed by atoms with Gasteiger partial charge in [-0.1, -0.05) is 53.4 Å². The molecule has 22 nitrogen and oxygen atoms in total. The fraction of sp³-hybridized carbons (Fsp3) is 1.00. The van der Waals surface area contributed by atoms with Crippen molar-refractivity contribution in [2.24, 2.45) is 46.3 Å². The maximum absolute atomic E-state index is 11.8. The van der Waals surface area contributed by atoms with Crippen LogP contribution in [0.5, 0.6) is 0 Å². The van der Waals surface area contributed by atoms with Crippen molar-refractivity contribution in [1.82, 2.24) is 0 Å². The molecular formula is C48H82O22. The third kappa shape index (κ3) is 9.79. The van der Waals surface area contributed by atoms with Crippen molar-refractivity contribution in [2.75, 3.05) is 26.4 Å². The zero-order chi connectivity index (χ0) is 50.7. The summed E-state index contributed by atoms with van der Waals surface area (Å²) in [5, 5.41) is 150. The molecule has 4 heterocycles. The number of hydrogen-bond donors (Lipinski definition) is 14. The molecule has 4 saturated carbocycles. The minimum absolute atomic E-state index is 0.0389. The number of rotatable bonds is 15. The summed E-state index contributed by atoms with van der Waals surface area (Å²) in [5.74, 6) is 0.345. The Morgan fingerprint density at radius 1 is 0.514 bits per heavy atom. The quantitative estimate of drug-likeness (QED) is 0.0715. The summed E-state index contributed by atoms with van der Waals surface area (Å²) in [6, 6.07) is 0. The van der Waals surface area contributed by atoms with Crippen LogP contribution in [0, 0.1) is 46.3 Å². The fourth-order valence-corrected chi connectivity index (χ4v) is 14.8. The molecule has 4 saturated heterocycles. The minimum Gasteiger partial charge on any atom is -0.394 e. The van der Waals surface area contributed by atoms with E-state index in [1.54, 1.807) is 0 Å². The highest BCUT2D eigenvalue weighted by atomic mass is 16.8. The third-order valence-corrected chi connectivity index (χ3v) is 18.7. The second-order valence-electron chi connectivity index (χ2n) is 22.3. The van der Waals surface area contributed by atoms with Gasteiger partial charge in [0.15, 0.2) is 25.2 Å². The van der Waals surface area contributed by atoms with E-state index >= 15 is 0 Å². The summed E-state index contributed by atoms with van der Waals surface area (Å²) >= 11 is 0. The topological polar surface area (TPSA) is 357 Å². The van der Waals surface area contributed by atoms with Crippen molar-refractivity contribution in [2.45, 2.75) is 227 Å². The van der Waals surface area contributed by atoms with Crippen LogP contribution < -0.4 is 0 Å². The van der Waals surface area contributed by atoms with E-state index in [0.29, 0.717) is 12.8 Å². The molecule has 8 fully saturated rings. The van der Waals surface area contributed by atoms with E-state index in [0.717, 1.165) is 51.4 Å². The van der Waals surface area contributed by atoms with Gasteiger partial charge in [0.2, 0.25) is 0 Å². The first-order valence-electron chi connectivity index (χ1n) is 25.8. The van der Waals surface area contributed by atoms with Crippen molar-refractivity contribution < 1.29 is 109 Å². The highest BCUT2D eigenvalue weighted by molar-refractivity contribution is 5.15. The Bertz CT molecular complexity index is 1680. The Kier molecular flexibility index (Phi) is 17.7. The van der Waals surface area contributed by atoms with Crippen molar-refractivity contribution in [1.29, 1.82) is 0 Å². The highest BCUT2D eigenvalue weighted by Crippen LogP contribution is 2.69. The van der Waals surface area contributed by atoms with Crippen LogP contribution in [0.4, 0.5) is 0 Å². The third-order valence-electron chi connectivity index (χ3n) is 18.7. The van der Waals surface area contributed by atoms with Gasteiger partial charge in [0.05, 0.1) is 38.6 Å². The van der Waals surface area contributed by atoms with Crippen LogP contribution in [0.25, 0.3) is 0 Å². The number of fused-ring (bicyclic) bond motifs is 5. The van der Waals surface area contributed by atoms with E-state index in [1.165, 1.54) is 0 Å². The lowest BCUT2D eigenvalue weighted by Crippen LogP contribution is -2.67. The molecule has 0 radical (unpaired) electrons. The van der Waals surface area contributed by atoms with Gasteiger partial charge in [-0.05, 0) is 79.4 Å². The predicted octanol–water partition coefficient (Wildman–Crippen LogP) is -3.29. The van der Waals surface area contributed by atoms with E-state index < -0.39 is 167 Å². The summed E-state index contributed by atoms with van der Waals surface area (Å²) in [5.41, 5.74) is -0.767. The molecule has 0 amide bonds. The van der Waals surface area contributed by atoms with Gasteiger partial charge in [0, 0.05) is 5.41 Å². The Morgan fingerprint density at radius 3 is 1.49 bits per heavy atom. The summed E-state index contributed by atoms with van der Waals surface area (Å²) in [4.78, 5) is 0. The Hall–Kier alpha value is -0.880. The molecule has 406 valence electrons. The predicted molar refractivity (Wildman–Crippen MR) is 237 cm³/mol. The van der Waals surface area contributed by atoms with Gasteiger partial charge < -0.3 is 109 Å². The molecule has 70 heavy (non-hydrogen) atoms. The van der Waals surface area contributed by atoms with Crippen LogP contribution in [0.3, 0.4) is 0 Å². The fourth-order valence-electron chi connectivity index (χ4n) is 14.8.